The maximum absolute atomic E-state index is 10.7. The summed E-state index contributed by atoms with van der Waals surface area (Å²) >= 11 is 0. The van der Waals surface area contributed by atoms with Crippen LogP contribution in [0.1, 0.15) is 242 Å². The molecule has 310 valence electrons. The summed E-state index contributed by atoms with van der Waals surface area (Å²) in [6.07, 6.45) is 57.6. The van der Waals surface area contributed by atoms with Gasteiger partial charge in [0.25, 0.3) is 0 Å². The Hall–Kier alpha value is -2.36. The monoisotopic (exact) mass is 749 g/mol. The molecule has 0 spiro atoms. The van der Waals surface area contributed by atoms with Crippen molar-refractivity contribution in [2.45, 2.75) is 244 Å². The first kappa shape index (κ1) is 49.7. The second-order valence-corrected chi connectivity index (χ2v) is 16.5. The van der Waals surface area contributed by atoms with Crippen LogP contribution in [0.25, 0.3) is 0 Å². The van der Waals surface area contributed by atoms with Crippen molar-refractivity contribution in [3.8, 4) is 0 Å². The topological polar surface area (TPSA) is 86.2 Å². The van der Waals surface area contributed by atoms with E-state index in [0.717, 1.165) is 25.7 Å². The van der Waals surface area contributed by atoms with E-state index in [1.54, 1.807) is 0 Å². The highest BCUT2D eigenvalue weighted by molar-refractivity contribution is 5.73. The molecular formula is C50H88N2O2. The van der Waals surface area contributed by atoms with Gasteiger partial charge in [0.1, 0.15) is 0 Å². The van der Waals surface area contributed by atoms with Crippen LogP contribution < -0.4 is 11.5 Å². The minimum Gasteiger partial charge on any atom is -0.370 e. The molecule has 1 rings (SSSR count). The molecule has 0 aliphatic heterocycles. The Labute approximate surface area is 335 Å². The zero-order chi connectivity index (χ0) is 38.8. The number of nitrogens with two attached hydrogens (primary N) is 2. The van der Waals surface area contributed by atoms with Crippen LogP contribution in [0.3, 0.4) is 0 Å². The highest BCUT2D eigenvalue weighted by Gasteiger charge is 2.00. The summed E-state index contributed by atoms with van der Waals surface area (Å²) in [6.45, 7) is 0. The average molecular weight is 749 g/mol. The zero-order valence-corrected chi connectivity index (χ0v) is 35.5. The molecule has 0 radical (unpaired) electrons. The maximum Gasteiger partial charge on any atom is 0.217 e. The number of primary amides is 2. The second kappa shape index (κ2) is 40.3. The Kier molecular flexibility index (Phi) is 37.1. The molecule has 4 heteroatoms. The van der Waals surface area contributed by atoms with Gasteiger partial charge in [0.05, 0.1) is 0 Å². The lowest BCUT2D eigenvalue weighted by atomic mass is 10.0. The Balaban J connectivity index is 1.80. The molecule has 4 N–H and O–H groups in total. The van der Waals surface area contributed by atoms with Crippen molar-refractivity contribution in [3.63, 3.8) is 0 Å². The van der Waals surface area contributed by atoms with Gasteiger partial charge in [-0.05, 0) is 101 Å². The van der Waals surface area contributed by atoms with Gasteiger partial charge >= 0.3 is 0 Å². The lowest BCUT2D eigenvalue weighted by molar-refractivity contribution is -0.119. The van der Waals surface area contributed by atoms with Crippen molar-refractivity contribution in [2.24, 2.45) is 11.5 Å². The number of hydrogen-bond donors (Lipinski definition) is 2. The van der Waals surface area contributed by atoms with E-state index >= 15 is 0 Å². The minimum absolute atomic E-state index is 0.159. The summed E-state index contributed by atoms with van der Waals surface area (Å²) in [5, 5.41) is 0. The van der Waals surface area contributed by atoms with Crippen molar-refractivity contribution in [1.82, 2.24) is 0 Å². The molecule has 0 unspecified atom stereocenters. The number of carbonyl (C=O) groups excluding carboxylic acids is 2. The molecule has 1 aromatic carbocycles. The van der Waals surface area contributed by atoms with Crippen LogP contribution >= 0.6 is 0 Å². The van der Waals surface area contributed by atoms with E-state index < -0.39 is 0 Å². The lowest BCUT2D eigenvalue weighted by Crippen LogP contribution is -2.09. The molecule has 0 saturated carbocycles. The van der Waals surface area contributed by atoms with Gasteiger partial charge in [0.15, 0.2) is 0 Å². The predicted molar refractivity (Wildman–Crippen MR) is 237 cm³/mol. The van der Waals surface area contributed by atoms with Gasteiger partial charge in [-0.1, -0.05) is 190 Å². The Morgan fingerprint density at radius 3 is 0.759 bits per heavy atom. The molecule has 0 fully saturated rings. The summed E-state index contributed by atoms with van der Waals surface area (Å²) in [6, 6.07) is 9.53. The number of allylic oxidation sites excluding steroid dienone is 4. The van der Waals surface area contributed by atoms with Gasteiger partial charge in [-0.3, -0.25) is 9.59 Å². The fraction of sp³-hybridized carbons (Fsp3) is 0.760. The van der Waals surface area contributed by atoms with Crippen LogP contribution in [0.5, 0.6) is 0 Å². The fourth-order valence-electron chi connectivity index (χ4n) is 7.54. The molecule has 54 heavy (non-hydrogen) atoms. The molecule has 0 heterocycles. The number of rotatable bonds is 42. The molecule has 0 bridgehead atoms. The van der Waals surface area contributed by atoms with Crippen LogP contribution in [0.15, 0.2) is 48.6 Å². The number of aryl methyl sites for hydroxylation is 2. The summed E-state index contributed by atoms with van der Waals surface area (Å²) in [5.41, 5.74) is 13.4. The molecule has 1 aromatic rings. The molecule has 0 aliphatic rings. The van der Waals surface area contributed by atoms with Gasteiger partial charge in [0.2, 0.25) is 11.8 Å². The van der Waals surface area contributed by atoms with Crippen molar-refractivity contribution in [3.05, 3.63) is 59.7 Å². The van der Waals surface area contributed by atoms with Gasteiger partial charge < -0.3 is 11.5 Å². The van der Waals surface area contributed by atoms with Crippen LogP contribution in [-0.2, 0) is 22.4 Å². The number of carbonyl (C=O) groups is 2. The van der Waals surface area contributed by atoms with Crippen LogP contribution in [0, 0.1) is 0 Å². The van der Waals surface area contributed by atoms with E-state index in [2.05, 4.69) is 48.6 Å². The highest BCUT2D eigenvalue weighted by Crippen LogP contribution is 2.16. The molecule has 0 atom stereocenters. The van der Waals surface area contributed by atoms with E-state index in [1.807, 2.05) is 0 Å². The first-order chi connectivity index (χ1) is 26.6. The van der Waals surface area contributed by atoms with E-state index in [0.29, 0.717) is 12.8 Å². The summed E-state index contributed by atoms with van der Waals surface area (Å²) < 4.78 is 0. The summed E-state index contributed by atoms with van der Waals surface area (Å²) in [4.78, 5) is 21.5. The van der Waals surface area contributed by atoms with Gasteiger partial charge in [-0.15, -0.1) is 0 Å². The van der Waals surface area contributed by atoms with Crippen LogP contribution in [0.4, 0.5) is 0 Å². The van der Waals surface area contributed by atoms with E-state index in [9.17, 15) is 9.59 Å². The Morgan fingerprint density at radius 2 is 0.519 bits per heavy atom. The molecule has 0 saturated heterocycles. The highest BCUT2D eigenvalue weighted by atomic mass is 16.1. The zero-order valence-electron chi connectivity index (χ0n) is 35.5. The van der Waals surface area contributed by atoms with Crippen molar-refractivity contribution < 1.29 is 9.59 Å². The van der Waals surface area contributed by atoms with E-state index in [-0.39, 0.29) is 11.8 Å². The molecular weight excluding hydrogens is 661 g/mol. The summed E-state index contributed by atoms with van der Waals surface area (Å²) in [7, 11) is 0. The first-order valence-electron chi connectivity index (χ1n) is 23.5. The minimum atomic E-state index is -0.159. The van der Waals surface area contributed by atoms with Crippen molar-refractivity contribution in [1.29, 1.82) is 0 Å². The van der Waals surface area contributed by atoms with E-state index in [4.69, 9.17) is 11.5 Å². The van der Waals surface area contributed by atoms with Gasteiger partial charge in [-0.2, -0.15) is 0 Å². The lowest BCUT2D eigenvalue weighted by Gasteiger charge is -2.05. The van der Waals surface area contributed by atoms with Gasteiger partial charge in [0, 0.05) is 12.8 Å². The normalized spacial score (nSPS) is 11.7. The summed E-state index contributed by atoms with van der Waals surface area (Å²) in [5.74, 6) is -0.318. The van der Waals surface area contributed by atoms with Crippen molar-refractivity contribution in [2.75, 3.05) is 0 Å². The quantitative estimate of drug-likeness (QED) is 0.0515. The average Bonchev–Trinajstić information content (AvgIpc) is 3.16. The Morgan fingerprint density at radius 1 is 0.315 bits per heavy atom. The molecule has 4 nitrogen and oxygen atoms in total. The molecule has 2 amide bonds. The number of amides is 2. The molecule has 0 aromatic heterocycles. The van der Waals surface area contributed by atoms with Gasteiger partial charge in [-0.25, -0.2) is 0 Å². The van der Waals surface area contributed by atoms with Crippen LogP contribution in [-0.4, -0.2) is 11.8 Å². The second-order valence-electron chi connectivity index (χ2n) is 16.5. The predicted octanol–water partition coefficient (Wildman–Crippen LogP) is 14.9. The van der Waals surface area contributed by atoms with Crippen molar-refractivity contribution >= 4 is 11.8 Å². The van der Waals surface area contributed by atoms with E-state index in [1.165, 1.54) is 217 Å². The maximum atomic E-state index is 10.7. The number of benzene rings is 1. The SMILES string of the molecule is NC(=O)CCCCCCCCCCC/C=C\CCCCCCCCc1ccc(CCCCCCCC/C=C\CCCCCCCCCCCC(N)=O)cc1. The first-order valence-corrected chi connectivity index (χ1v) is 23.5. The number of unbranched alkanes of at least 4 members (excludes halogenated alkanes) is 30. The fourth-order valence-corrected chi connectivity index (χ4v) is 7.54. The third-order valence-electron chi connectivity index (χ3n) is 11.1. The number of hydrogen-bond acceptors (Lipinski definition) is 2. The molecule has 0 aliphatic carbocycles. The third-order valence-corrected chi connectivity index (χ3v) is 11.1. The standard InChI is InChI=1S/C50H88N2O2/c51-49(53)41-37-33-29-25-21-17-13-9-5-1-3-7-11-15-19-23-27-31-35-39-47-43-45-48(46-44-47)40-36-32-28-24-20-16-12-8-4-2-6-10-14-18-22-26-30-34-38-42-50(52)54/h3-4,7-8,43-46H,1-2,5-6,9-42H2,(H2,51,53)(H2,52,54)/b7-3-,8-4-. The van der Waals surface area contributed by atoms with Crippen LogP contribution in [0.2, 0.25) is 0 Å². The third kappa shape index (κ3) is 37.9. The smallest absolute Gasteiger partial charge is 0.217 e. The largest absolute Gasteiger partial charge is 0.370 e. The Bertz CT molecular complexity index is 933.